The van der Waals surface area contributed by atoms with Crippen molar-refractivity contribution >= 4 is 23.2 Å². The molecule has 1 aromatic heterocycles. The molecule has 1 saturated heterocycles. The lowest BCUT2D eigenvalue weighted by molar-refractivity contribution is -0.131. The summed E-state index contributed by atoms with van der Waals surface area (Å²) in [5.41, 5.74) is 1.43. The van der Waals surface area contributed by atoms with Crippen LogP contribution in [0, 0.1) is 17.6 Å². The maximum atomic E-state index is 14.6. The fourth-order valence-electron chi connectivity index (χ4n) is 4.69. The molecule has 4 aromatic rings. The van der Waals surface area contributed by atoms with E-state index in [2.05, 4.69) is 5.32 Å². The van der Waals surface area contributed by atoms with Crippen LogP contribution in [-0.4, -0.2) is 29.5 Å². The van der Waals surface area contributed by atoms with Gasteiger partial charge in [-0.2, -0.15) is 0 Å². The monoisotopic (exact) mass is 559 g/mol. The zero-order valence-corrected chi connectivity index (χ0v) is 22.4. The smallest absolute Gasteiger partial charge is 0.254 e. The highest BCUT2D eigenvalue weighted by Crippen LogP contribution is 2.42. The number of pyridine rings is 1. The molecule has 0 spiro atoms. The summed E-state index contributed by atoms with van der Waals surface area (Å²) in [5.74, 6) is -3.10. The fourth-order valence-corrected chi connectivity index (χ4v) is 4.69. The van der Waals surface area contributed by atoms with Crippen molar-refractivity contribution in [2.24, 2.45) is 13.0 Å². The number of aromatic nitrogens is 1. The molecule has 210 valence electrons. The number of halogens is 2. The fraction of sp³-hybridized carbons (Fsp3) is 0.194. The van der Waals surface area contributed by atoms with Crippen molar-refractivity contribution in [3.63, 3.8) is 0 Å². The maximum absolute atomic E-state index is 14.6. The van der Waals surface area contributed by atoms with E-state index in [4.69, 9.17) is 9.47 Å². The quantitative estimate of drug-likeness (QED) is 0.295. The van der Waals surface area contributed by atoms with E-state index in [0.29, 0.717) is 41.5 Å². The first-order chi connectivity index (χ1) is 19.8. The number of para-hydroxylation sites is 1. The van der Waals surface area contributed by atoms with Gasteiger partial charge in [-0.25, -0.2) is 8.78 Å². The molecule has 1 N–H and O–H groups in total. The number of hydrogen-bond acceptors (Lipinski definition) is 5. The number of anilines is 2. The number of nitrogens with zero attached hydrogens (tertiary/aromatic N) is 2. The minimum atomic E-state index is -0.904. The van der Waals surface area contributed by atoms with Crippen molar-refractivity contribution in [1.82, 2.24) is 9.88 Å². The van der Waals surface area contributed by atoms with Gasteiger partial charge >= 0.3 is 0 Å². The Morgan fingerprint density at radius 2 is 1.71 bits per heavy atom. The first kappa shape index (κ1) is 27.6. The molecule has 8 nitrogen and oxygen atoms in total. The summed E-state index contributed by atoms with van der Waals surface area (Å²) in [7, 11) is 1.57. The van der Waals surface area contributed by atoms with Gasteiger partial charge < -0.3 is 19.4 Å². The van der Waals surface area contributed by atoms with E-state index in [-0.39, 0.29) is 35.3 Å². The minimum absolute atomic E-state index is 0.165. The summed E-state index contributed by atoms with van der Waals surface area (Å²) in [6.07, 6.45) is 1.91. The van der Waals surface area contributed by atoms with E-state index in [9.17, 15) is 23.2 Å². The average molecular weight is 560 g/mol. The second kappa shape index (κ2) is 11.6. The van der Waals surface area contributed by atoms with Gasteiger partial charge in [-0.1, -0.05) is 18.2 Å². The van der Waals surface area contributed by atoms with Crippen LogP contribution in [0.2, 0.25) is 0 Å². The van der Waals surface area contributed by atoms with E-state index < -0.39 is 23.5 Å². The molecule has 2 amide bonds. The van der Waals surface area contributed by atoms with Crippen LogP contribution in [-0.2, 0) is 16.6 Å². The van der Waals surface area contributed by atoms with Crippen LogP contribution in [0.5, 0.6) is 17.2 Å². The normalized spacial score (nSPS) is 14.4. The van der Waals surface area contributed by atoms with Gasteiger partial charge in [0.1, 0.15) is 23.2 Å². The van der Waals surface area contributed by atoms with E-state index in [1.807, 2.05) is 6.07 Å². The largest absolute Gasteiger partial charge is 0.493 e. The van der Waals surface area contributed by atoms with E-state index in [1.54, 1.807) is 62.6 Å². The Kier molecular flexibility index (Phi) is 7.82. The Morgan fingerprint density at radius 3 is 2.39 bits per heavy atom. The van der Waals surface area contributed by atoms with E-state index in [0.717, 1.165) is 6.07 Å². The summed E-state index contributed by atoms with van der Waals surface area (Å²) in [5, 5.41) is 2.71. The van der Waals surface area contributed by atoms with Crippen LogP contribution in [0.1, 0.15) is 13.3 Å². The number of nitrogens with one attached hydrogen (secondary N) is 1. The van der Waals surface area contributed by atoms with Crippen molar-refractivity contribution in [2.75, 3.05) is 18.1 Å². The number of amides is 2. The lowest BCUT2D eigenvalue weighted by Crippen LogP contribution is -2.36. The number of aryl methyl sites for hydroxylation is 1. The van der Waals surface area contributed by atoms with Gasteiger partial charge in [-0.3, -0.25) is 19.3 Å². The molecule has 0 saturated carbocycles. The SMILES string of the molecule is CCOc1cc(=O)n(C)cc1-c1cc(N(C(=O)C2CCNC2=O)c2ccccc2)ccc1Oc1ccc(F)cc1F. The lowest BCUT2D eigenvalue weighted by atomic mass is 10.0. The van der Waals surface area contributed by atoms with E-state index >= 15 is 0 Å². The number of carbonyl (C=O) groups is 2. The third-order valence-electron chi connectivity index (χ3n) is 6.70. The highest BCUT2D eigenvalue weighted by atomic mass is 19.1. The Bertz CT molecular complexity index is 1670. The lowest BCUT2D eigenvalue weighted by Gasteiger charge is -2.26. The summed E-state index contributed by atoms with van der Waals surface area (Å²) < 4.78 is 41.2. The highest BCUT2D eigenvalue weighted by Gasteiger charge is 2.36. The average Bonchev–Trinajstić information content (AvgIpc) is 3.39. The number of benzene rings is 3. The number of ether oxygens (including phenoxy) is 2. The Balaban J connectivity index is 1.71. The molecule has 5 rings (SSSR count). The van der Waals surface area contributed by atoms with Crippen molar-refractivity contribution < 1.29 is 27.8 Å². The minimum Gasteiger partial charge on any atom is -0.493 e. The van der Waals surface area contributed by atoms with Gasteiger partial charge in [-0.15, -0.1) is 0 Å². The summed E-state index contributed by atoms with van der Waals surface area (Å²) in [4.78, 5) is 40.2. The summed E-state index contributed by atoms with van der Waals surface area (Å²) >= 11 is 0. The number of hydrogen-bond donors (Lipinski definition) is 1. The molecule has 1 aliphatic heterocycles. The molecule has 1 atom stereocenters. The van der Waals surface area contributed by atoms with Crippen molar-refractivity contribution in [2.45, 2.75) is 13.3 Å². The predicted molar refractivity (Wildman–Crippen MR) is 149 cm³/mol. The van der Waals surface area contributed by atoms with Crippen LogP contribution in [0.15, 0.2) is 83.8 Å². The maximum Gasteiger partial charge on any atom is 0.254 e. The molecular formula is C31H27F2N3O5. The third kappa shape index (κ3) is 5.67. The van der Waals surface area contributed by atoms with Crippen LogP contribution in [0.3, 0.4) is 0 Å². The molecule has 1 unspecified atom stereocenters. The van der Waals surface area contributed by atoms with Crippen LogP contribution < -0.4 is 25.2 Å². The molecular weight excluding hydrogens is 532 g/mol. The predicted octanol–water partition coefficient (Wildman–Crippen LogP) is 5.32. The topological polar surface area (TPSA) is 89.9 Å². The first-order valence-electron chi connectivity index (χ1n) is 13.0. The second-order valence-corrected chi connectivity index (χ2v) is 9.43. The molecule has 0 bridgehead atoms. The molecule has 10 heteroatoms. The van der Waals surface area contributed by atoms with Crippen molar-refractivity contribution in [1.29, 1.82) is 0 Å². The van der Waals surface area contributed by atoms with Crippen LogP contribution in [0.4, 0.5) is 20.2 Å². The van der Waals surface area contributed by atoms with Gasteiger partial charge in [0.15, 0.2) is 11.6 Å². The van der Waals surface area contributed by atoms with Gasteiger partial charge in [0.2, 0.25) is 11.8 Å². The zero-order chi connectivity index (χ0) is 29.1. The Hall–Kier alpha value is -4.99. The Morgan fingerprint density at radius 1 is 0.951 bits per heavy atom. The summed E-state index contributed by atoms with van der Waals surface area (Å²) in [6.45, 7) is 2.42. The number of carbonyl (C=O) groups excluding carboxylic acids is 2. The molecule has 41 heavy (non-hydrogen) atoms. The summed E-state index contributed by atoms with van der Waals surface area (Å²) in [6, 6.07) is 18.0. The molecule has 1 aliphatic rings. The first-order valence-corrected chi connectivity index (χ1v) is 13.0. The van der Waals surface area contributed by atoms with Crippen LogP contribution in [0.25, 0.3) is 11.1 Å². The van der Waals surface area contributed by atoms with Gasteiger partial charge in [0, 0.05) is 54.4 Å². The van der Waals surface area contributed by atoms with Gasteiger partial charge in [0.25, 0.3) is 5.56 Å². The second-order valence-electron chi connectivity index (χ2n) is 9.43. The van der Waals surface area contributed by atoms with E-state index in [1.165, 1.54) is 21.6 Å². The van der Waals surface area contributed by atoms with Gasteiger partial charge in [-0.05, 0) is 55.8 Å². The third-order valence-corrected chi connectivity index (χ3v) is 6.70. The standard InChI is InChI=1S/C31H27F2N3O5/c1-3-40-28-17-29(37)35(2)18-24(28)23-16-21(10-12-26(23)41-27-11-9-19(32)15-25(27)33)36(20-7-5-4-6-8-20)31(39)22-13-14-34-30(22)38/h4-12,15-18,22H,3,13-14H2,1-2H3,(H,34,38). The molecule has 3 aromatic carbocycles. The molecule has 0 aliphatic carbocycles. The highest BCUT2D eigenvalue weighted by molar-refractivity contribution is 6.12. The Labute approximate surface area is 234 Å². The van der Waals surface area contributed by atoms with Crippen LogP contribution >= 0.6 is 0 Å². The van der Waals surface area contributed by atoms with Gasteiger partial charge in [0.05, 0.1) is 6.61 Å². The molecule has 1 fully saturated rings. The molecule has 0 radical (unpaired) electrons. The zero-order valence-electron chi connectivity index (χ0n) is 22.4. The number of rotatable bonds is 8. The van der Waals surface area contributed by atoms with Crippen molar-refractivity contribution in [3.05, 3.63) is 101 Å². The van der Waals surface area contributed by atoms with Crippen molar-refractivity contribution in [3.8, 4) is 28.4 Å². The molecule has 2 heterocycles.